The Morgan fingerprint density at radius 2 is 1.68 bits per heavy atom. The summed E-state index contributed by atoms with van der Waals surface area (Å²) in [4.78, 5) is 11.9. The van der Waals surface area contributed by atoms with Gasteiger partial charge in [0.1, 0.15) is 11.9 Å². The molecule has 0 aromatic heterocycles. The van der Waals surface area contributed by atoms with Crippen LogP contribution in [0.2, 0.25) is 0 Å². The summed E-state index contributed by atoms with van der Waals surface area (Å²) in [5.74, 6) is 2.00. The molecule has 0 saturated carbocycles. The van der Waals surface area contributed by atoms with Gasteiger partial charge in [-0.15, -0.1) is 24.0 Å². The third-order valence-electron chi connectivity index (χ3n) is 5.62. The number of ether oxygens (including phenoxy) is 1. The first-order valence-electron chi connectivity index (χ1n) is 10.4. The Kier molecular flexibility index (Phi) is 10.4. The van der Waals surface area contributed by atoms with Crippen LogP contribution in [0.15, 0.2) is 35.3 Å². The predicted octanol–water partition coefficient (Wildman–Crippen LogP) is 2.36. The van der Waals surface area contributed by atoms with E-state index in [1.165, 1.54) is 32.7 Å². The van der Waals surface area contributed by atoms with Crippen LogP contribution in [-0.2, 0) is 0 Å². The van der Waals surface area contributed by atoms with E-state index in [0.717, 1.165) is 50.7 Å². The molecule has 0 radical (unpaired) electrons. The number of nitrogens with zero attached hydrogens (tertiary/aromatic N) is 4. The quantitative estimate of drug-likeness (QED) is 0.369. The van der Waals surface area contributed by atoms with Crippen LogP contribution in [0.1, 0.15) is 19.8 Å². The van der Waals surface area contributed by atoms with E-state index in [1.54, 1.807) is 0 Å². The van der Waals surface area contributed by atoms with E-state index in [0.29, 0.717) is 6.10 Å². The Labute approximate surface area is 187 Å². The van der Waals surface area contributed by atoms with E-state index < -0.39 is 0 Å². The molecule has 0 unspecified atom stereocenters. The number of guanidine groups is 1. The summed E-state index contributed by atoms with van der Waals surface area (Å²) in [6.45, 7) is 12.2. The molecule has 28 heavy (non-hydrogen) atoms. The zero-order valence-electron chi connectivity index (χ0n) is 17.3. The summed E-state index contributed by atoms with van der Waals surface area (Å²) >= 11 is 0. The molecule has 158 valence electrons. The number of hydrogen-bond acceptors (Lipinski definition) is 4. The molecule has 0 amide bonds. The minimum atomic E-state index is 0. The number of rotatable bonds is 6. The smallest absolute Gasteiger partial charge is 0.193 e. The maximum atomic E-state index is 6.10. The van der Waals surface area contributed by atoms with E-state index in [4.69, 9.17) is 4.74 Å². The molecule has 0 atom stereocenters. The number of nitrogens with one attached hydrogen (secondary N) is 1. The number of piperazine rings is 1. The van der Waals surface area contributed by atoms with Crippen molar-refractivity contribution in [2.75, 3.05) is 66.0 Å². The van der Waals surface area contributed by atoms with Crippen LogP contribution < -0.4 is 10.1 Å². The molecule has 6 nitrogen and oxygen atoms in total. The highest BCUT2D eigenvalue weighted by molar-refractivity contribution is 14.0. The summed E-state index contributed by atoms with van der Waals surface area (Å²) in [6, 6.07) is 10.1. The van der Waals surface area contributed by atoms with Gasteiger partial charge >= 0.3 is 0 Å². The van der Waals surface area contributed by atoms with Crippen LogP contribution in [0.4, 0.5) is 0 Å². The Morgan fingerprint density at radius 3 is 2.29 bits per heavy atom. The monoisotopic (exact) mass is 501 g/mol. The van der Waals surface area contributed by atoms with Gasteiger partial charge in [-0.2, -0.15) is 0 Å². The third-order valence-corrected chi connectivity index (χ3v) is 5.62. The lowest BCUT2D eigenvalue weighted by atomic mass is 10.1. The van der Waals surface area contributed by atoms with E-state index in [2.05, 4.69) is 31.9 Å². The molecule has 2 saturated heterocycles. The van der Waals surface area contributed by atoms with Crippen LogP contribution in [0, 0.1) is 0 Å². The molecule has 1 N–H and O–H groups in total. The average Bonchev–Trinajstić information content (AvgIpc) is 2.73. The second kappa shape index (κ2) is 12.5. The number of aliphatic imine (C=N–C) groups is 1. The number of likely N-dealkylation sites (tertiary alicyclic amines) is 1. The molecule has 1 aromatic rings. The predicted molar refractivity (Wildman–Crippen MR) is 127 cm³/mol. The van der Waals surface area contributed by atoms with Crippen LogP contribution in [-0.4, -0.2) is 92.7 Å². The van der Waals surface area contributed by atoms with E-state index >= 15 is 0 Å². The number of piperidine rings is 1. The molecule has 0 bridgehead atoms. The Morgan fingerprint density at radius 1 is 1.04 bits per heavy atom. The van der Waals surface area contributed by atoms with Crippen molar-refractivity contribution >= 4 is 29.9 Å². The van der Waals surface area contributed by atoms with Crippen LogP contribution in [0.5, 0.6) is 5.75 Å². The van der Waals surface area contributed by atoms with Crippen molar-refractivity contribution in [3.8, 4) is 5.75 Å². The SMILES string of the molecule is CCN1CCN(CCNC(=NC)N2CCC(Oc3ccccc3)CC2)CC1.I. The number of halogens is 1. The van der Waals surface area contributed by atoms with Crippen LogP contribution in [0.25, 0.3) is 0 Å². The zero-order valence-corrected chi connectivity index (χ0v) is 19.7. The molecular weight excluding hydrogens is 465 g/mol. The number of benzene rings is 1. The van der Waals surface area contributed by atoms with Crippen molar-refractivity contribution in [1.29, 1.82) is 0 Å². The summed E-state index contributed by atoms with van der Waals surface area (Å²) in [5.41, 5.74) is 0. The number of para-hydroxylation sites is 1. The fraction of sp³-hybridized carbons (Fsp3) is 0.667. The standard InChI is InChI=1S/C21H35N5O.HI/c1-3-24-15-17-25(18-16-24)14-11-23-21(22-2)26-12-9-20(10-13-26)27-19-7-5-4-6-8-19;/h4-8,20H,3,9-18H2,1-2H3,(H,22,23);1H. The molecule has 0 aliphatic carbocycles. The fourth-order valence-corrected chi connectivity index (χ4v) is 3.86. The molecular formula is C21H36IN5O. The van der Waals surface area contributed by atoms with E-state index in [9.17, 15) is 0 Å². The van der Waals surface area contributed by atoms with Crippen molar-refractivity contribution in [2.24, 2.45) is 4.99 Å². The minimum Gasteiger partial charge on any atom is -0.490 e. The molecule has 3 rings (SSSR count). The molecule has 2 heterocycles. The van der Waals surface area contributed by atoms with Gasteiger partial charge in [0.05, 0.1) is 0 Å². The van der Waals surface area contributed by atoms with Gasteiger partial charge in [0.15, 0.2) is 5.96 Å². The van der Waals surface area contributed by atoms with Gasteiger partial charge in [-0.1, -0.05) is 25.1 Å². The second-order valence-corrected chi connectivity index (χ2v) is 7.37. The van der Waals surface area contributed by atoms with Gasteiger partial charge in [-0.3, -0.25) is 9.89 Å². The zero-order chi connectivity index (χ0) is 18.9. The summed E-state index contributed by atoms with van der Waals surface area (Å²) < 4.78 is 6.10. The van der Waals surface area contributed by atoms with Crippen molar-refractivity contribution in [1.82, 2.24) is 20.0 Å². The van der Waals surface area contributed by atoms with Crippen LogP contribution in [0.3, 0.4) is 0 Å². The highest BCUT2D eigenvalue weighted by Crippen LogP contribution is 2.18. The lowest BCUT2D eigenvalue weighted by Gasteiger charge is -2.36. The van der Waals surface area contributed by atoms with Gasteiger partial charge in [-0.05, 0) is 18.7 Å². The second-order valence-electron chi connectivity index (χ2n) is 7.37. The summed E-state index contributed by atoms with van der Waals surface area (Å²) in [6.07, 6.45) is 2.37. The van der Waals surface area contributed by atoms with Crippen molar-refractivity contribution < 1.29 is 4.74 Å². The minimum absolute atomic E-state index is 0. The number of likely N-dealkylation sites (N-methyl/N-ethyl adjacent to an activating group) is 1. The first-order valence-corrected chi connectivity index (χ1v) is 10.4. The third kappa shape index (κ3) is 7.08. The van der Waals surface area contributed by atoms with Crippen molar-refractivity contribution in [2.45, 2.75) is 25.9 Å². The maximum absolute atomic E-state index is 6.10. The van der Waals surface area contributed by atoms with E-state index in [-0.39, 0.29) is 24.0 Å². The molecule has 2 aliphatic rings. The highest BCUT2D eigenvalue weighted by atomic mass is 127. The molecule has 2 aliphatic heterocycles. The largest absolute Gasteiger partial charge is 0.490 e. The van der Waals surface area contributed by atoms with Crippen molar-refractivity contribution in [3.63, 3.8) is 0 Å². The summed E-state index contributed by atoms with van der Waals surface area (Å²) in [5, 5.41) is 3.56. The topological polar surface area (TPSA) is 43.3 Å². The first-order chi connectivity index (χ1) is 13.3. The van der Waals surface area contributed by atoms with Gasteiger partial charge in [0.25, 0.3) is 0 Å². The van der Waals surface area contributed by atoms with Gasteiger partial charge in [0.2, 0.25) is 0 Å². The average molecular weight is 501 g/mol. The molecule has 2 fully saturated rings. The molecule has 1 aromatic carbocycles. The summed E-state index contributed by atoms with van der Waals surface area (Å²) in [7, 11) is 1.88. The maximum Gasteiger partial charge on any atom is 0.193 e. The fourth-order valence-electron chi connectivity index (χ4n) is 3.86. The van der Waals surface area contributed by atoms with Crippen molar-refractivity contribution in [3.05, 3.63) is 30.3 Å². The lowest BCUT2D eigenvalue weighted by Crippen LogP contribution is -2.51. The van der Waals surface area contributed by atoms with Gasteiger partial charge < -0.3 is 19.9 Å². The normalized spacial score (nSPS) is 19.9. The number of hydrogen-bond donors (Lipinski definition) is 1. The van der Waals surface area contributed by atoms with Gasteiger partial charge in [0, 0.05) is 72.2 Å². The van der Waals surface area contributed by atoms with Gasteiger partial charge in [-0.25, -0.2) is 0 Å². The van der Waals surface area contributed by atoms with E-state index in [1.807, 2.05) is 37.4 Å². The molecule has 0 spiro atoms. The Hall–Kier alpha value is -1.06. The lowest BCUT2D eigenvalue weighted by molar-refractivity contribution is 0.128. The van der Waals surface area contributed by atoms with Crippen LogP contribution >= 0.6 is 24.0 Å². The Bertz CT molecular complexity index is 569. The Balaban J connectivity index is 0.00000280. The highest BCUT2D eigenvalue weighted by Gasteiger charge is 2.23. The first kappa shape index (κ1) is 23.2. The molecule has 7 heteroatoms.